The molecule has 2 aromatic rings. The molecule has 37 heavy (non-hydrogen) atoms. The number of benzene rings is 2. The zero-order chi connectivity index (χ0) is 26.8. The van der Waals surface area contributed by atoms with Crippen molar-refractivity contribution in [1.82, 2.24) is 10.2 Å². The Morgan fingerprint density at radius 2 is 1.68 bits per heavy atom. The van der Waals surface area contributed by atoms with Gasteiger partial charge in [-0.3, -0.25) is 4.79 Å². The number of likely N-dealkylation sites (tertiary alicyclic amines) is 1. The predicted molar refractivity (Wildman–Crippen MR) is 126 cm³/mol. The maximum Gasteiger partial charge on any atom is 0.416 e. The highest BCUT2D eigenvalue weighted by Crippen LogP contribution is 2.39. The van der Waals surface area contributed by atoms with E-state index in [1.165, 1.54) is 6.92 Å². The van der Waals surface area contributed by atoms with Crippen LogP contribution in [0.4, 0.5) is 26.3 Å². The van der Waals surface area contributed by atoms with Gasteiger partial charge in [0.15, 0.2) is 0 Å². The van der Waals surface area contributed by atoms with Crippen LogP contribution in [0.25, 0.3) is 0 Å². The topological polar surface area (TPSA) is 41.6 Å². The van der Waals surface area contributed by atoms with Gasteiger partial charge in [-0.25, -0.2) is 0 Å². The van der Waals surface area contributed by atoms with Crippen LogP contribution in [-0.2, 0) is 27.4 Å². The van der Waals surface area contributed by atoms with Gasteiger partial charge in [-0.2, -0.15) is 26.3 Å². The molecular formula is C27H30F6N2O2. The molecule has 10 heteroatoms. The summed E-state index contributed by atoms with van der Waals surface area (Å²) >= 11 is 0. The summed E-state index contributed by atoms with van der Waals surface area (Å²) in [6, 6.07) is 11.0. The molecule has 0 spiro atoms. The predicted octanol–water partition coefficient (Wildman–Crippen LogP) is 6.46. The Bertz CT molecular complexity index is 1050. The Balaban J connectivity index is 1.54. The highest BCUT2D eigenvalue weighted by atomic mass is 19.4. The lowest BCUT2D eigenvalue weighted by atomic mass is 9.81. The third-order valence-electron chi connectivity index (χ3n) is 7.37. The van der Waals surface area contributed by atoms with E-state index in [9.17, 15) is 31.1 Å². The number of nitrogens with one attached hydrogen (secondary N) is 1. The van der Waals surface area contributed by atoms with E-state index in [0.717, 1.165) is 18.4 Å². The summed E-state index contributed by atoms with van der Waals surface area (Å²) < 4.78 is 86.0. The molecule has 2 aliphatic rings. The summed E-state index contributed by atoms with van der Waals surface area (Å²) in [5, 5.41) is 3.52. The Morgan fingerprint density at radius 3 is 2.22 bits per heavy atom. The second-order valence-corrected chi connectivity index (χ2v) is 9.86. The second kappa shape index (κ2) is 10.6. The van der Waals surface area contributed by atoms with Gasteiger partial charge in [-0.1, -0.05) is 30.3 Å². The third kappa shape index (κ3) is 6.29. The number of halogens is 6. The van der Waals surface area contributed by atoms with Crippen molar-refractivity contribution in [2.45, 2.75) is 69.1 Å². The van der Waals surface area contributed by atoms with E-state index in [1.54, 1.807) is 0 Å². The number of piperidine rings is 2. The Morgan fingerprint density at radius 1 is 1.03 bits per heavy atom. The number of rotatable bonds is 6. The van der Waals surface area contributed by atoms with Crippen LogP contribution in [0.2, 0.25) is 0 Å². The van der Waals surface area contributed by atoms with Crippen LogP contribution >= 0.6 is 0 Å². The summed E-state index contributed by atoms with van der Waals surface area (Å²) in [5.41, 5.74) is -2.71. The molecule has 2 fully saturated rings. The van der Waals surface area contributed by atoms with Crippen LogP contribution in [0.3, 0.4) is 0 Å². The van der Waals surface area contributed by atoms with Crippen molar-refractivity contribution in [2.24, 2.45) is 0 Å². The first-order valence-electron chi connectivity index (χ1n) is 12.4. The normalized spacial score (nSPS) is 24.2. The van der Waals surface area contributed by atoms with Crippen molar-refractivity contribution < 1.29 is 35.9 Å². The van der Waals surface area contributed by atoms with Gasteiger partial charge in [-0.15, -0.1) is 0 Å². The van der Waals surface area contributed by atoms with Crippen molar-refractivity contribution in [2.75, 3.05) is 19.7 Å². The minimum Gasteiger partial charge on any atom is -0.372 e. The van der Waals surface area contributed by atoms with Crippen LogP contribution in [0.5, 0.6) is 0 Å². The molecule has 1 N–H and O–H groups in total. The van der Waals surface area contributed by atoms with Crippen molar-refractivity contribution in [3.63, 3.8) is 0 Å². The first-order chi connectivity index (χ1) is 17.4. The molecule has 1 amide bonds. The number of hydrogen-bond acceptors (Lipinski definition) is 3. The molecule has 2 heterocycles. The summed E-state index contributed by atoms with van der Waals surface area (Å²) in [4.78, 5) is 14.3. The molecule has 3 atom stereocenters. The fraction of sp³-hybridized carbons (Fsp3) is 0.519. The molecule has 0 radical (unpaired) electrons. The minimum absolute atomic E-state index is 0.0277. The first kappa shape index (κ1) is 27.4. The van der Waals surface area contributed by atoms with Crippen LogP contribution in [-0.4, -0.2) is 36.5 Å². The van der Waals surface area contributed by atoms with Crippen LogP contribution in [0.15, 0.2) is 48.5 Å². The van der Waals surface area contributed by atoms with Gasteiger partial charge in [-0.05, 0) is 61.9 Å². The van der Waals surface area contributed by atoms with Gasteiger partial charge in [0.25, 0.3) is 0 Å². The monoisotopic (exact) mass is 528 g/mol. The van der Waals surface area contributed by atoms with E-state index in [2.05, 4.69) is 5.32 Å². The smallest absolute Gasteiger partial charge is 0.372 e. The van der Waals surface area contributed by atoms with E-state index in [4.69, 9.17) is 4.74 Å². The van der Waals surface area contributed by atoms with Gasteiger partial charge in [0, 0.05) is 25.6 Å². The summed E-state index contributed by atoms with van der Waals surface area (Å²) in [6.45, 7) is 2.72. The zero-order valence-corrected chi connectivity index (χ0v) is 20.5. The molecule has 4 nitrogen and oxygen atoms in total. The number of alkyl halides is 6. The Hall–Kier alpha value is -2.59. The van der Waals surface area contributed by atoms with Crippen LogP contribution in [0, 0.1) is 0 Å². The Labute approximate surface area is 212 Å². The van der Waals surface area contributed by atoms with Gasteiger partial charge in [0.2, 0.25) is 5.91 Å². The molecule has 202 valence electrons. The highest BCUT2D eigenvalue weighted by molar-refractivity contribution is 5.77. The molecule has 4 rings (SSSR count). The average molecular weight is 529 g/mol. The molecule has 2 unspecified atom stereocenters. The molecule has 0 saturated carbocycles. The Kier molecular flexibility index (Phi) is 7.90. The fourth-order valence-electron chi connectivity index (χ4n) is 5.18. The molecule has 2 saturated heterocycles. The standard InChI is InChI=1S/C27H30F6N2O2/c1-18(19-13-21(26(28,29)30)15-22(14-19)27(31,32)33)37-17-25(20-7-3-2-4-8-20)11-10-23(16-34-25)35-12-6-5-9-24(35)36/h2-4,7-8,13-15,18,23,34H,5-6,9-12,16-17H2,1H3/t18-,23?,25?/m1/s1. The van der Waals surface area contributed by atoms with E-state index in [0.29, 0.717) is 44.5 Å². The summed E-state index contributed by atoms with van der Waals surface area (Å²) in [6.07, 6.45) is -7.18. The lowest BCUT2D eigenvalue weighted by Gasteiger charge is -2.46. The third-order valence-corrected chi connectivity index (χ3v) is 7.37. The van der Waals surface area contributed by atoms with Crippen LogP contribution < -0.4 is 5.32 Å². The number of ether oxygens (including phenoxy) is 1. The lowest BCUT2D eigenvalue weighted by molar-refractivity contribution is -0.143. The van der Waals surface area contributed by atoms with Crippen LogP contribution in [0.1, 0.15) is 67.4 Å². The van der Waals surface area contributed by atoms with E-state index >= 15 is 0 Å². The van der Waals surface area contributed by atoms with E-state index in [1.807, 2.05) is 35.2 Å². The van der Waals surface area contributed by atoms with Gasteiger partial charge in [0.05, 0.1) is 29.4 Å². The molecule has 0 bridgehead atoms. The molecule has 0 aromatic heterocycles. The second-order valence-electron chi connectivity index (χ2n) is 9.86. The number of hydrogen-bond donors (Lipinski definition) is 1. The first-order valence-corrected chi connectivity index (χ1v) is 12.4. The molecule has 2 aliphatic heterocycles. The lowest BCUT2D eigenvalue weighted by Crippen LogP contribution is -2.58. The van der Waals surface area contributed by atoms with Gasteiger partial charge < -0.3 is 15.0 Å². The van der Waals surface area contributed by atoms with Crippen molar-refractivity contribution in [3.8, 4) is 0 Å². The molecule has 2 aromatic carbocycles. The average Bonchev–Trinajstić information content (AvgIpc) is 2.87. The van der Waals surface area contributed by atoms with Crippen molar-refractivity contribution in [3.05, 3.63) is 70.8 Å². The number of amides is 1. The summed E-state index contributed by atoms with van der Waals surface area (Å²) in [5.74, 6) is 0.139. The maximum absolute atomic E-state index is 13.3. The maximum atomic E-state index is 13.3. The molecular weight excluding hydrogens is 498 g/mol. The SMILES string of the molecule is C[C@@H](OCC1(c2ccccc2)CCC(N2CCCCC2=O)CN1)c1cc(C(F)(F)F)cc(C(F)(F)F)c1. The zero-order valence-electron chi connectivity index (χ0n) is 20.5. The van der Waals surface area contributed by atoms with Gasteiger partial charge in [0.1, 0.15) is 0 Å². The number of carbonyl (C=O) groups excluding carboxylic acids is 1. The molecule has 0 aliphatic carbocycles. The van der Waals surface area contributed by atoms with E-state index < -0.39 is 35.1 Å². The quantitative estimate of drug-likeness (QED) is 0.438. The van der Waals surface area contributed by atoms with E-state index in [-0.39, 0.29) is 30.2 Å². The fourth-order valence-corrected chi connectivity index (χ4v) is 5.18. The highest BCUT2D eigenvalue weighted by Gasteiger charge is 2.41. The largest absolute Gasteiger partial charge is 0.416 e. The number of nitrogens with zero attached hydrogens (tertiary/aromatic N) is 1. The van der Waals surface area contributed by atoms with Crippen molar-refractivity contribution >= 4 is 5.91 Å². The van der Waals surface area contributed by atoms with Gasteiger partial charge >= 0.3 is 12.4 Å². The number of carbonyl (C=O) groups is 1. The van der Waals surface area contributed by atoms with Crippen molar-refractivity contribution in [1.29, 1.82) is 0 Å². The minimum atomic E-state index is -4.92. The summed E-state index contributed by atoms with van der Waals surface area (Å²) in [7, 11) is 0.